The van der Waals surface area contributed by atoms with Gasteiger partial charge in [-0.2, -0.15) is 0 Å². The maximum atomic E-state index is 13.2. The molecule has 3 aromatic rings. The first-order valence-electron chi connectivity index (χ1n) is 11.3. The van der Waals surface area contributed by atoms with Crippen molar-refractivity contribution in [2.45, 2.75) is 13.8 Å². The second-order valence-corrected chi connectivity index (χ2v) is 10.2. The molecule has 200 valence electrons. The van der Waals surface area contributed by atoms with Crippen LogP contribution in [0.3, 0.4) is 0 Å². The molecule has 1 aliphatic rings. The number of benzene rings is 3. The van der Waals surface area contributed by atoms with Gasteiger partial charge in [-0.15, -0.1) is 0 Å². The number of hydrogen-bond acceptors (Lipinski definition) is 5. The fourth-order valence-corrected chi connectivity index (χ4v) is 4.63. The van der Waals surface area contributed by atoms with Crippen molar-refractivity contribution < 1.29 is 23.9 Å². The van der Waals surface area contributed by atoms with Gasteiger partial charge in [-0.25, -0.2) is 9.69 Å². The topological polar surface area (TPSA) is 105 Å². The van der Waals surface area contributed by atoms with Crippen molar-refractivity contribution in [1.82, 2.24) is 5.32 Å². The molecule has 0 bridgehead atoms. The van der Waals surface area contributed by atoms with E-state index in [2.05, 4.69) is 10.6 Å². The molecule has 5 amide bonds. The molecular weight excluding hydrogens is 588 g/mol. The summed E-state index contributed by atoms with van der Waals surface area (Å²) in [7, 11) is 0. The number of ether oxygens (including phenoxy) is 1. The predicted molar refractivity (Wildman–Crippen MR) is 152 cm³/mol. The monoisotopic (exact) mass is 605 g/mol. The first-order valence-corrected chi connectivity index (χ1v) is 12.8. The van der Waals surface area contributed by atoms with Gasteiger partial charge in [-0.05, 0) is 73.0 Å². The predicted octanol–water partition coefficient (Wildman–Crippen LogP) is 6.60. The van der Waals surface area contributed by atoms with E-state index >= 15 is 0 Å². The highest BCUT2D eigenvalue weighted by molar-refractivity contribution is 6.40. The molecule has 2 N–H and O–H groups in total. The van der Waals surface area contributed by atoms with Crippen LogP contribution in [0.2, 0.25) is 20.1 Å². The molecule has 0 saturated carbocycles. The van der Waals surface area contributed by atoms with E-state index in [4.69, 9.17) is 51.1 Å². The zero-order valence-electron chi connectivity index (χ0n) is 20.4. The third kappa shape index (κ3) is 6.37. The number of carbonyl (C=O) groups excluding carboxylic acids is 4. The molecule has 0 aromatic heterocycles. The van der Waals surface area contributed by atoms with Crippen molar-refractivity contribution in [3.63, 3.8) is 0 Å². The minimum absolute atomic E-state index is 0.0304. The van der Waals surface area contributed by atoms with Crippen molar-refractivity contribution >= 4 is 87.6 Å². The summed E-state index contributed by atoms with van der Waals surface area (Å²) in [6.07, 6.45) is 1.24. The lowest BCUT2D eigenvalue weighted by atomic mass is 10.1. The summed E-state index contributed by atoms with van der Waals surface area (Å²) in [4.78, 5) is 51.4. The number of barbiturate groups is 1. The van der Waals surface area contributed by atoms with Crippen LogP contribution in [0.5, 0.6) is 5.75 Å². The molecule has 1 saturated heterocycles. The minimum Gasteiger partial charge on any atom is -0.481 e. The van der Waals surface area contributed by atoms with E-state index in [0.717, 1.165) is 10.5 Å². The van der Waals surface area contributed by atoms with Crippen molar-refractivity contribution in [1.29, 1.82) is 0 Å². The molecule has 0 aliphatic carbocycles. The molecule has 0 spiro atoms. The molecule has 0 unspecified atom stereocenters. The van der Waals surface area contributed by atoms with Crippen LogP contribution >= 0.6 is 46.4 Å². The molecule has 8 nitrogen and oxygen atoms in total. The molecule has 39 heavy (non-hydrogen) atoms. The maximum Gasteiger partial charge on any atom is 0.335 e. The summed E-state index contributed by atoms with van der Waals surface area (Å²) in [6.45, 7) is 3.13. The average Bonchev–Trinajstić information content (AvgIpc) is 2.85. The van der Waals surface area contributed by atoms with Gasteiger partial charge in [-0.1, -0.05) is 58.5 Å². The molecule has 1 heterocycles. The van der Waals surface area contributed by atoms with Gasteiger partial charge in [0.25, 0.3) is 17.7 Å². The number of nitrogens with zero attached hydrogens (tertiary/aromatic N) is 1. The van der Waals surface area contributed by atoms with Gasteiger partial charge in [0, 0.05) is 15.7 Å². The highest BCUT2D eigenvalue weighted by atomic mass is 35.5. The third-order valence-electron chi connectivity index (χ3n) is 5.65. The van der Waals surface area contributed by atoms with Gasteiger partial charge in [0.2, 0.25) is 0 Å². The average molecular weight is 607 g/mol. The normalized spacial score (nSPS) is 14.5. The van der Waals surface area contributed by atoms with E-state index in [0.29, 0.717) is 21.3 Å². The maximum absolute atomic E-state index is 13.2. The molecule has 1 fully saturated rings. The molecule has 3 aromatic carbocycles. The van der Waals surface area contributed by atoms with Crippen molar-refractivity contribution in [3.8, 4) is 5.75 Å². The van der Waals surface area contributed by atoms with E-state index in [1.807, 2.05) is 6.92 Å². The largest absolute Gasteiger partial charge is 0.481 e. The number of halogens is 4. The van der Waals surface area contributed by atoms with Gasteiger partial charge < -0.3 is 10.1 Å². The Bertz CT molecular complexity index is 1550. The smallest absolute Gasteiger partial charge is 0.335 e. The lowest BCUT2D eigenvalue weighted by molar-refractivity contribution is -0.122. The summed E-state index contributed by atoms with van der Waals surface area (Å²) >= 11 is 24.8. The second-order valence-electron chi connectivity index (χ2n) is 8.50. The highest BCUT2D eigenvalue weighted by Crippen LogP contribution is 2.35. The molecular formula is C27H19Cl4N3O5. The van der Waals surface area contributed by atoms with Gasteiger partial charge >= 0.3 is 6.03 Å². The van der Waals surface area contributed by atoms with E-state index < -0.39 is 30.4 Å². The van der Waals surface area contributed by atoms with Gasteiger partial charge in [0.05, 0.1) is 15.7 Å². The second kappa shape index (κ2) is 11.7. The first kappa shape index (κ1) is 28.4. The lowest BCUT2D eigenvalue weighted by Crippen LogP contribution is -2.54. The Balaban J connectivity index is 1.53. The fourth-order valence-electron chi connectivity index (χ4n) is 3.67. The number of anilines is 2. The fraction of sp³-hybridized carbons (Fsp3) is 0.111. The van der Waals surface area contributed by atoms with Crippen LogP contribution in [-0.4, -0.2) is 30.4 Å². The Kier molecular flexibility index (Phi) is 8.51. The van der Waals surface area contributed by atoms with Gasteiger partial charge in [0.1, 0.15) is 5.57 Å². The molecule has 0 atom stereocenters. The van der Waals surface area contributed by atoms with Crippen LogP contribution in [0, 0.1) is 13.8 Å². The Labute approximate surface area is 243 Å². The summed E-state index contributed by atoms with van der Waals surface area (Å²) in [6, 6.07) is 11.7. The SMILES string of the molecule is Cc1ccc(NC(=O)COc2c(Cl)cc(/C=C3\C(=O)NC(=O)N(c4cc(Cl)ccc4C)C3=O)cc2Cl)cc1Cl. The van der Waals surface area contributed by atoms with Crippen molar-refractivity contribution in [3.05, 3.63) is 90.9 Å². The summed E-state index contributed by atoms with van der Waals surface area (Å²) in [5.41, 5.74) is 2.14. The van der Waals surface area contributed by atoms with Crippen LogP contribution in [0.25, 0.3) is 6.08 Å². The number of hydrogen-bond donors (Lipinski definition) is 2. The molecule has 1 aliphatic heterocycles. The number of imide groups is 2. The number of aryl methyl sites for hydroxylation is 2. The quantitative estimate of drug-likeness (QED) is 0.243. The van der Waals surface area contributed by atoms with E-state index in [1.54, 1.807) is 37.3 Å². The lowest BCUT2D eigenvalue weighted by Gasteiger charge is -2.27. The van der Waals surface area contributed by atoms with Crippen LogP contribution in [0.4, 0.5) is 16.2 Å². The molecule has 4 rings (SSSR count). The number of urea groups is 1. The first-order chi connectivity index (χ1) is 18.4. The standard InChI is InChI=1S/C27H19Cl4N3O5/c1-13-4-6-17(11-19(13)29)32-23(35)12-39-24-20(30)8-15(9-21(24)31)7-18-25(36)33-27(38)34(26(18)37)22-10-16(28)5-3-14(22)2/h3-11H,12H2,1-2H3,(H,32,35)(H,33,36,38)/b18-7+. The number of rotatable bonds is 6. The number of nitrogens with one attached hydrogen (secondary N) is 2. The number of carbonyl (C=O) groups is 4. The number of amides is 5. The zero-order chi connectivity index (χ0) is 28.4. The van der Waals surface area contributed by atoms with Gasteiger partial charge in [-0.3, -0.25) is 19.7 Å². The van der Waals surface area contributed by atoms with E-state index in [-0.39, 0.29) is 32.6 Å². The molecule has 0 radical (unpaired) electrons. The molecule has 12 heteroatoms. The van der Waals surface area contributed by atoms with Crippen LogP contribution in [0.15, 0.2) is 54.1 Å². The summed E-state index contributed by atoms with van der Waals surface area (Å²) in [5.74, 6) is -2.18. The Morgan fingerprint density at radius 1 is 0.923 bits per heavy atom. The van der Waals surface area contributed by atoms with E-state index in [9.17, 15) is 19.2 Å². The van der Waals surface area contributed by atoms with E-state index in [1.165, 1.54) is 24.3 Å². The van der Waals surface area contributed by atoms with Crippen molar-refractivity contribution in [2.24, 2.45) is 0 Å². The summed E-state index contributed by atoms with van der Waals surface area (Å²) in [5, 5.41) is 5.68. The Morgan fingerprint density at radius 2 is 1.59 bits per heavy atom. The van der Waals surface area contributed by atoms with Crippen LogP contribution in [0.1, 0.15) is 16.7 Å². The minimum atomic E-state index is -0.904. The highest BCUT2D eigenvalue weighted by Gasteiger charge is 2.37. The van der Waals surface area contributed by atoms with Gasteiger partial charge in [0.15, 0.2) is 12.4 Å². The Morgan fingerprint density at radius 3 is 2.26 bits per heavy atom. The van der Waals surface area contributed by atoms with Crippen LogP contribution < -0.4 is 20.3 Å². The third-order valence-corrected chi connectivity index (χ3v) is 6.85. The zero-order valence-corrected chi connectivity index (χ0v) is 23.4. The Hall–Kier alpha value is -3.56. The summed E-state index contributed by atoms with van der Waals surface area (Å²) < 4.78 is 5.51. The van der Waals surface area contributed by atoms with Crippen molar-refractivity contribution in [2.75, 3.05) is 16.8 Å². The van der Waals surface area contributed by atoms with Crippen LogP contribution in [-0.2, 0) is 14.4 Å².